The largest absolute Gasteiger partial charge is 0.481 e. The molecule has 1 aliphatic carbocycles. The maximum Gasteiger partial charge on any atom is 0.407 e. The van der Waals surface area contributed by atoms with Crippen LogP contribution in [0, 0.1) is 5.92 Å². The van der Waals surface area contributed by atoms with Gasteiger partial charge in [0.05, 0.1) is 5.92 Å². The summed E-state index contributed by atoms with van der Waals surface area (Å²) in [5.41, 5.74) is 4.56. The van der Waals surface area contributed by atoms with Crippen molar-refractivity contribution in [3.8, 4) is 11.1 Å². The number of fused-ring (bicyclic) bond motifs is 3. The molecule has 1 heterocycles. The van der Waals surface area contributed by atoms with E-state index in [1.165, 1.54) is 0 Å². The predicted molar refractivity (Wildman–Crippen MR) is 128 cm³/mol. The van der Waals surface area contributed by atoms with Crippen molar-refractivity contribution in [1.29, 1.82) is 0 Å². The van der Waals surface area contributed by atoms with Crippen molar-refractivity contribution in [2.24, 2.45) is 5.92 Å². The van der Waals surface area contributed by atoms with Crippen LogP contribution in [0.2, 0.25) is 0 Å². The summed E-state index contributed by atoms with van der Waals surface area (Å²) in [7, 11) is 0. The Labute approximate surface area is 200 Å². The van der Waals surface area contributed by atoms with Gasteiger partial charge in [-0.3, -0.25) is 9.59 Å². The van der Waals surface area contributed by atoms with Crippen LogP contribution in [0.4, 0.5) is 4.79 Å². The fourth-order valence-electron chi connectivity index (χ4n) is 5.05. The van der Waals surface area contributed by atoms with Crippen molar-refractivity contribution in [3.63, 3.8) is 0 Å². The second-order valence-electron chi connectivity index (χ2n) is 9.13. The molecule has 0 bridgehead atoms. The van der Waals surface area contributed by atoms with Crippen molar-refractivity contribution in [2.75, 3.05) is 19.7 Å². The first-order valence-corrected chi connectivity index (χ1v) is 12.1. The Morgan fingerprint density at radius 3 is 2.35 bits per heavy atom. The summed E-state index contributed by atoms with van der Waals surface area (Å²) in [6.07, 6.45) is 2.74. The molecule has 2 aromatic carbocycles. The lowest BCUT2D eigenvalue weighted by Gasteiger charge is -2.33. The van der Waals surface area contributed by atoms with E-state index in [9.17, 15) is 19.5 Å². The van der Waals surface area contributed by atoms with E-state index in [0.717, 1.165) is 35.1 Å². The van der Waals surface area contributed by atoms with Gasteiger partial charge < -0.3 is 20.1 Å². The minimum Gasteiger partial charge on any atom is -0.481 e. The average Bonchev–Trinajstić information content (AvgIpc) is 3.18. The zero-order valence-electron chi connectivity index (χ0n) is 19.5. The lowest BCUT2D eigenvalue weighted by molar-refractivity contribution is -0.146. The van der Waals surface area contributed by atoms with Gasteiger partial charge >= 0.3 is 12.1 Å². The number of nitrogens with zero attached hydrogens (tertiary/aromatic N) is 1. The number of carboxylic acids is 1. The Balaban J connectivity index is 1.41. The number of carbonyl (C=O) groups is 3. The molecule has 1 saturated heterocycles. The first-order chi connectivity index (χ1) is 16.5. The van der Waals surface area contributed by atoms with E-state index in [1.54, 1.807) is 4.90 Å². The molecule has 1 aliphatic heterocycles. The van der Waals surface area contributed by atoms with Gasteiger partial charge in [0.25, 0.3) is 0 Å². The Morgan fingerprint density at radius 1 is 1.09 bits per heavy atom. The molecule has 2 aromatic rings. The van der Waals surface area contributed by atoms with Gasteiger partial charge in [0.15, 0.2) is 0 Å². The monoisotopic (exact) mass is 464 g/mol. The zero-order valence-corrected chi connectivity index (χ0v) is 19.5. The van der Waals surface area contributed by atoms with Crippen LogP contribution in [0.25, 0.3) is 11.1 Å². The molecule has 2 atom stereocenters. The SMILES string of the molecule is CCCCC(NC(=O)OCC1c2ccccc2-c2ccccc21)C(=O)N1CCC[C@H](C(=O)O)C1. The number of carbonyl (C=O) groups excluding carboxylic acids is 2. The quantitative estimate of drug-likeness (QED) is 0.603. The van der Waals surface area contributed by atoms with Crippen LogP contribution >= 0.6 is 0 Å². The van der Waals surface area contributed by atoms with Gasteiger partial charge in [-0.15, -0.1) is 0 Å². The maximum atomic E-state index is 13.2. The minimum absolute atomic E-state index is 0.0543. The number of aliphatic carboxylic acids is 1. The number of carboxylic acid groups (broad SMARTS) is 1. The molecule has 34 heavy (non-hydrogen) atoms. The zero-order chi connectivity index (χ0) is 24.1. The van der Waals surface area contributed by atoms with E-state index < -0.39 is 24.0 Å². The Hall–Kier alpha value is -3.35. The maximum absolute atomic E-state index is 13.2. The molecule has 4 rings (SSSR count). The number of unbranched alkanes of at least 4 members (excludes halogenated alkanes) is 1. The number of nitrogens with one attached hydrogen (secondary N) is 1. The van der Waals surface area contributed by atoms with Crippen LogP contribution < -0.4 is 5.32 Å². The number of rotatable bonds is 8. The van der Waals surface area contributed by atoms with Crippen molar-refractivity contribution in [3.05, 3.63) is 59.7 Å². The first-order valence-electron chi connectivity index (χ1n) is 12.1. The van der Waals surface area contributed by atoms with E-state index in [1.807, 2.05) is 31.2 Å². The third kappa shape index (κ3) is 5.08. The van der Waals surface area contributed by atoms with Crippen LogP contribution in [0.15, 0.2) is 48.5 Å². The third-order valence-corrected chi connectivity index (χ3v) is 6.86. The standard InChI is InChI=1S/C27H32N2O5/c1-2-3-14-24(25(30)29-15-8-9-18(16-29)26(31)32)28-27(33)34-17-23-21-12-6-4-10-19(21)20-11-5-7-13-22(20)23/h4-7,10-13,18,23-24H,2-3,8-9,14-17H2,1H3,(H,28,33)(H,31,32)/t18-,24?/m0/s1. The number of piperidine rings is 1. The highest BCUT2D eigenvalue weighted by molar-refractivity contribution is 5.86. The van der Waals surface area contributed by atoms with Gasteiger partial charge in [-0.05, 0) is 41.5 Å². The van der Waals surface area contributed by atoms with Crippen LogP contribution in [0.1, 0.15) is 56.1 Å². The van der Waals surface area contributed by atoms with E-state index in [2.05, 4.69) is 29.6 Å². The van der Waals surface area contributed by atoms with Gasteiger partial charge in [0.1, 0.15) is 12.6 Å². The van der Waals surface area contributed by atoms with Crippen molar-refractivity contribution in [2.45, 2.75) is 51.0 Å². The fourth-order valence-corrected chi connectivity index (χ4v) is 5.05. The molecular formula is C27H32N2O5. The highest BCUT2D eigenvalue weighted by atomic mass is 16.5. The Kier molecular flexibility index (Phi) is 7.50. The number of ether oxygens (including phenoxy) is 1. The van der Waals surface area contributed by atoms with Crippen molar-refractivity contribution in [1.82, 2.24) is 10.2 Å². The smallest absolute Gasteiger partial charge is 0.407 e. The van der Waals surface area contributed by atoms with Gasteiger partial charge in [-0.2, -0.15) is 0 Å². The molecule has 2 N–H and O–H groups in total. The number of alkyl carbamates (subject to hydrolysis) is 1. The molecule has 180 valence electrons. The van der Waals surface area contributed by atoms with Crippen LogP contribution in [-0.4, -0.2) is 53.7 Å². The summed E-state index contributed by atoms with van der Waals surface area (Å²) < 4.78 is 5.63. The second-order valence-corrected chi connectivity index (χ2v) is 9.13. The van der Waals surface area contributed by atoms with E-state index in [4.69, 9.17) is 4.74 Å². The molecule has 1 fully saturated rings. The van der Waals surface area contributed by atoms with E-state index >= 15 is 0 Å². The van der Waals surface area contributed by atoms with Crippen LogP contribution in [-0.2, 0) is 14.3 Å². The van der Waals surface area contributed by atoms with Crippen molar-refractivity contribution >= 4 is 18.0 Å². The highest BCUT2D eigenvalue weighted by Crippen LogP contribution is 2.44. The summed E-state index contributed by atoms with van der Waals surface area (Å²) >= 11 is 0. The Bertz CT molecular complexity index is 1010. The van der Waals surface area contributed by atoms with Crippen LogP contribution in [0.5, 0.6) is 0 Å². The summed E-state index contributed by atoms with van der Waals surface area (Å²) in [6.45, 7) is 2.90. The molecule has 0 saturated carbocycles. The molecule has 0 spiro atoms. The normalized spacial score (nSPS) is 18.0. The van der Waals surface area contributed by atoms with Gasteiger partial charge in [-0.1, -0.05) is 68.3 Å². The molecule has 2 amide bonds. The van der Waals surface area contributed by atoms with Crippen molar-refractivity contribution < 1.29 is 24.2 Å². The van der Waals surface area contributed by atoms with E-state index in [0.29, 0.717) is 25.8 Å². The van der Waals surface area contributed by atoms with Gasteiger partial charge in [-0.25, -0.2) is 4.79 Å². The molecule has 1 unspecified atom stereocenters. The Morgan fingerprint density at radius 2 is 1.74 bits per heavy atom. The summed E-state index contributed by atoms with van der Waals surface area (Å²) in [4.78, 5) is 38.9. The second kappa shape index (κ2) is 10.7. The topological polar surface area (TPSA) is 95.9 Å². The number of likely N-dealkylation sites (tertiary alicyclic amines) is 1. The molecular weight excluding hydrogens is 432 g/mol. The molecule has 7 heteroatoms. The summed E-state index contributed by atoms with van der Waals surface area (Å²) in [5.74, 6) is -1.72. The molecule has 0 aromatic heterocycles. The summed E-state index contributed by atoms with van der Waals surface area (Å²) in [6, 6.07) is 15.5. The van der Waals surface area contributed by atoms with Gasteiger partial charge in [0, 0.05) is 19.0 Å². The number of benzene rings is 2. The minimum atomic E-state index is -0.882. The molecule has 2 aliphatic rings. The highest BCUT2D eigenvalue weighted by Gasteiger charge is 2.33. The predicted octanol–water partition coefficient (Wildman–Crippen LogP) is 4.41. The third-order valence-electron chi connectivity index (χ3n) is 6.86. The lowest BCUT2D eigenvalue weighted by atomic mass is 9.97. The average molecular weight is 465 g/mol. The number of hydrogen-bond acceptors (Lipinski definition) is 4. The van der Waals surface area contributed by atoms with E-state index in [-0.39, 0.29) is 25.0 Å². The fraction of sp³-hybridized carbons (Fsp3) is 0.444. The lowest BCUT2D eigenvalue weighted by Crippen LogP contribution is -2.52. The van der Waals surface area contributed by atoms with Crippen LogP contribution in [0.3, 0.4) is 0 Å². The molecule has 7 nitrogen and oxygen atoms in total. The first kappa shape index (κ1) is 23.8. The molecule has 0 radical (unpaired) electrons. The number of amides is 2. The number of hydrogen-bond donors (Lipinski definition) is 2. The summed E-state index contributed by atoms with van der Waals surface area (Å²) in [5, 5.41) is 12.1. The van der Waals surface area contributed by atoms with Gasteiger partial charge in [0.2, 0.25) is 5.91 Å².